The summed E-state index contributed by atoms with van der Waals surface area (Å²) in [5.74, 6) is -0.175. The standard InChI is InChI=1S/C23H29ClN2O3/c1-16-7-4-5-11-26(16)23(28)22-20(15-29-3)25(17(2)13-21(22)27)12-10-18-8-6-9-19(24)14-18/h6,8-9,13-14,16H,4-5,7,10-12,15H2,1-3H3/t16-/m1/s1. The molecule has 29 heavy (non-hydrogen) atoms. The minimum atomic E-state index is -0.226. The van der Waals surface area contributed by atoms with Gasteiger partial charge in [-0.1, -0.05) is 23.7 Å². The lowest BCUT2D eigenvalue weighted by Gasteiger charge is -2.34. The molecule has 156 valence electrons. The maximum Gasteiger partial charge on any atom is 0.259 e. The van der Waals surface area contributed by atoms with Gasteiger partial charge in [-0.15, -0.1) is 0 Å². The Hall–Kier alpha value is -2.11. The van der Waals surface area contributed by atoms with Gasteiger partial charge in [0.2, 0.25) is 0 Å². The van der Waals surface area contributed by atoms with Gasteiger partial charge in [0.15, 0.2) is 5.43 Å². The van der Waals surface area contributed by atoms with Crippen molar-refractivity contribution in [3.05, 3.63) is 68.1 Å². The normalized spacial score (nSPS) is 16.8. The molecular weight excluding hydrogens is 388 g/mol. The van der Waals surface area contributed by atoms with Crippen molar-refractivity contribution in [1.29, 1.82) is 0 Å². The summed E-state index contributed by atoms with van der Waals surface area (Å²) in [6.45, 7) is 5.51. The highest BCUT2D eigenvalue weighted by atomic mass is 35.5. The fourth-order valence-corrected chi connectivity index (χ4v) is 4.35. The van der Waals surface area contributed by atoms with Crippen LogP contribution in [0.2, 0.25) is 5.02 Å². The molecule has 6 heteroatoms. The van der Waals surface area contributed by atoms with Crippen LogP contribution >= 0.6 is 11.6 Å². The second-order valence-corrected chi connectivity index (χ2v) is 8.22. The van der Waals surface area contributed by atoms with Crippen molar-refractivity contribution >= 4 is 17.5 Å². The molecule has 0 saturated carbocycles. The number of pyridine rings is 1. The van der Waals surface area contributed by atoms with E-state index in [0.717, 1.165) is 36.9 Å². The Kier molecular flexibility index (Phi) is 7.14. The number of ether oxygens (including phenoxy) is 1. The van der Waals surface area contributed by atoms with Crippen LogP contribution in [0.5, 0.6) is 0 Å². The summed E-state index contributed by atoms with van der Waals surface area (Å²) in [6.07, 6.45) is 3.81. The molecule has 5 nitrogen and oxygen atoms in total. The molecule has 1 aromatic carbocycles. The monoisotopic (exact) mass is 416 g/mol. The van der Waals surface area contributed by atoms with Gasteiger partial charge in [-0.25, -0.2) is 0 Å². The molecule has 0 aliphatic carbocycles. The number of aryl methyl sites for hydroxylation is 2. The molecular formula is C23H29ClN2O3. The van der Waals surface area contributed by atoms with Crippen molar-refractivity contribution in [3.63, 3.8) is 0 Å². The first-order chi connectivity index (χ1) is 13.9. The number of halogens is 1. The smallest absolute Gasteiger partial charge is 0.259 e. The van der Waals surface area contributed by atoms with E-state index in [1.807, 2.05) is 40.7 Å². The number of hydrogen-bond donors (Lipinski definition) is 0. The SMILES string of the molecule is COCc1c(C(=O)N2CCCC[C@H]2C)c(=O)cc(C)n1CCc1cccc(Cl)c1. The third-order valence-corrected chi connectivity index (χ3v) is 5.93. The zero-order valence-electron chi connectivity index (χ0n) is 17.4. The Morgan fingerprint density at radius 3 is 2.76 bits per heavy atom. The van der Waals surface area contributed by atoms with E-state index in [1.165, 1.54) is 0 Å². The number of carbonyl (C=O) groups excluding carboxylic acids is 1. The van der Waals surface area contributed by atoms with E-state index >= 15 is 0 Å². The summed E-state index contributed by atoms with van der Waals surface area (Å²) >= 11 is 6.11. The first-order valence-electron chi connectivity index (χ1n) is 10.2. The second-order valence-electron chi connectivity index (χ2n) is 7.78. The first-order valence-corrected chi connectivity index (χ1v) is 10.6. The van der Waals surface area contributed by atoms with E-state index in [1.54, 1.807) is 13.2 Å². The van der Waals surface area contributed by atoms with Gasteiger partial charge in [-0.2, -0.15) is 0 Å². The number of benzene rings is 1. The highest BCUT2D eigenvalue weighted by molar-refractivity contribution is 6.30. The van der Waals surface area contributed by atoms with Crippen LogP contribution in [-0.4, -0.2) is 35.1 Å². The van der Waals surface area contributed by atoms with Gasteiger partial charge in [0.25, 0.3) is 5.91 Å². The maximum atomic E-state index is 13.3. The van der Waals surface area contributed by atoms with Gasteiger partial charge >= 0.3 is 0 Å². The van der Waals surface area contributed by atoms with Crippen LogP contribution in [0.4, 0.5) is 0 Å². The summed E-state index contributed by atoms with van der Waals surface area (Å²) in [5, 5.41) is 0.700. The Bertz CT molecular complexity index is 938. The number of hydrogen-bond acceptors (Lipinski definition) is 3. The number of rotatable bonds is 6. The lowest BCUT2D eigenvalue weighted by molar-refractivity contribution is 0.0627. The largest absolute Gasteiger partial charge is 0.378 e. The van der Waals surface area contributed by atoms with E-state index in [4.69, 9.17) is 16.3 Å². The molecule has 1 fully saturated rings. The topological polar surface area (TPSA) is 51.5 Å². The summed E-state index contributed by atoms with van der Waals surface area (Å²) in [7, 11) is 1.59. The fraction of sp³-hybridized carbons (Fsp3) is 0.478. The van der Waals surface area contributed by atoms with Crippen molar-refractivity contribution < 1.29 is 9.53 Å². The highest BCUT2D eigenvalue weighted by Crippen LogP contribution is 2.21. The fourth-order valence-electron chi connectivity index (χ4n) is 4.13. The van der Waals surface area contributed by atoms with Crippen molar-refractivity contribution in [1.82, 2.24) is 9.47 Å². The third kappa shape index (κ3) is 4.90. The maximum absolute atomic E-state index is 13.3. The molecule has 0 radical (unpaired) electrons. The zero-order chi connectivity index (χ0) is 21.0. The van der Waals surface area contributed by atoms with Gasteiger partial charge in [0.05, 0.1) is 12.3 Å². The molecule has 0 spiro atoms. The van der Waals surface area contributed by atoms with Crippen molar-refractivity contribution in [3.8, 4) is 0 Å². The Morgan fingerprint density at radius 1 is 1.28 bits per heavy atom. The minimum Gasteiger partial charge on any atom is -0.378 e. The van der Waals surface area contributed by atoms with Gasteiger partial charge in [0.1, 0.15) is 5.56 Å². The predicted molar refractivity (Wildman–Crippen MR) is 116 cm³/mol. The average Bonchev–Trinajstić information content (AvgIpc) is 2.68. The predicted octanol–water partition coefficient (Wildman–Crippen LogP) is 4.21. The van der Waals surface area contributed by atoms with Crippen LogP contribution in [0.25, 0.3) is 0 Å². The molecule has 3 rings (SSSR count). The van der Waals surface area contributed by atoms with E-state index in [2.05, 4.69) is 6.92 Å². The Labute approximate surface area is 177 Å². The number of aromatic nitrogens is 1. The molecule has 0 bridgehead atoms. The third-order valence-electron chi connectivity index (χ3n) is 5.70. The van der Waals surface area contributed by atoms with Gasteiger partial charge in [0, 0.05) is 43.0 Å². The van der Waals surface area contributed by atoms with Crippen molar-refractivity contribution in [2.24, 2.45) is 0 Å². The van der Waals surface area contributed by atoms with Gasteiger partial charge in [-0.05, 0) is 57.2 Å². The molecule has 1 atom stereocenters. The molecule has 0 unspecified atom stereocenters. The Morgan fingerprint density at radius 2 is 2.07 bits per heavy atom. The molecule has 0 N–H and O–H groups in total. The lowest BCUT2D eigenvalue weighted by Crippen LogP contribution is -2.44. The molecule has 2 aromatic rings. The molecule has 1 aromatic heterocycles. The minimum absolute atomic E-state index is 0.146. The highest BCUT2D eigenvalue weighted by Gasteiger charge is 2.29. The van der Waals surface area contributed by atoms with E-state index in [9.17, 15) is 9.59 Å². The molecule has 2 heterocycles. The van der Waals surface area contributed by atoms with E-state index in [0.29, 0.717) is 23.8 Å². The first kappa shape index (κ1) is 21.6. The van der Waals surface area contributed by atoms with Crippen LogP contribution in [-0.2, 0) is 24.3 Å². The lowest BCUT2D eigenvalue weighted by atomic mass is 10.0. The Balaban J connectivity index is 1.98. The number of carbonyl (C=O) groups is 1. The number of nitrogens with zero attached hydrogens (tertiary/aromatic N) is 2. The summed E-state index contributed by atoms with van der Waals surface area (Å²) in [5.41, 5.74) is 2.61. The number of methoxy groups -OCH3 is 1. The van der Waals surface area contributed by atoms with Crippen LogP contribution in [0, 0.1) is 6.92 Å². The van der Waals surface area contributed by atoms with Crippen molar-refractivity contribution in [2.75, 3.05) is 13.7 Å². The van der Waals surface area contributed by atoms with Crippen LogP contribution in [0.3, 0.4) is 0 Å². The molecule has 1 aliphatic heterocycles. The molecule has 1 aliphatic rings. The van der Waals surface area contributed by atoms with Crippen molar-refractivity contribution in [2.45, 2.75) is 58.7 Å². The van der Waals surface area contributed by atoms with Gasteiger partial charge in [-0.3, -0.25) is 9.59 Å². The average molecular weight is 417 g/mol. The number of amides is 1. The van der Waals surface area contributed by atoms with Gasteiger partial charge < -0.3 is 14.2 Å². The van der Waals surface area contributed by atoms with Crippen LogP contribution in [0.1, 0.15) is 53.5 Å². The molecule has 1 saturated heterocycles. The van der Waals surface area contributed by atoms with Crippen LogP contribution < -0.4 is 5.43 Å². The van der Waals surface area contributed by atoms with E-state index < -0.39 is 0 Å². The number of likely N-dealkylation sites (tertiary alicyclic amines) is 1. The summed E-state index contributed by atoms with van der Waals surface area (Å²) in [4.78, 5) is 28.1. The second kappa shape index (κ2) is 9.59. The quantitative estimate of drug-likeness (QED) is 0.708. The zero-order valence-corrected chi connectivity index (χ0v) is 18.2. The summed E-state index contributed by atoms with van der Waals surface area (Å²) < 4.78 is 7.44. The molecule has 1 amide bonds. The number of piperidine rings is 1. The van der Waals surface area contributed by atoms with E-state index in [-0.39, 0.29) is 29.5 Å². The van der Waals surface area contributed by atoms with Crippen LogP contribution in [0.15, 0.2) is 35.1 Å². The summed E-state index contributed by atoms with van der Waals surface area (Å²) in [6, 6.07) is 9.46.